The van der Waals surface area contributed by atoms with Crippen LogP contribution in [0.25, 0.3) is 0 Å². The van der Waals surface area contributed by atoms with E-state index in [1.54, 1.807) is 0 Å². The average molecular weight is 256 g/mol. The zero-order chi connectivity index (χ0) is 12.7. The zero-order valence-electron chi connectivity index (χ0n) is 11.4. The van der Waals surface area contributed by atoms with Crippen molar-refractivity contribution < 1.29 is 4.74 Å². The fourth-order valence-corrected chi connectivity index (χ4v) is 2.79. The number of thiazole rings is 1. The highest BCUT2D eigenvalue weighted by Gasteiger charge is 2.12. The van der Waals surface area contributed by atoms with Crippen molar-refractivity contribution in [3.05, 3.63) is 15.6 Å². The van der Waals surface area contributed by atoms with E-state index in [9.17, 15) is 0 Å². The Kier molecular flexibility index (Phi) is 6.70. The van der Waals surface area contributed by atoms with Crippen molar-refractivity contribution in [2.45, 2.75) is 46.6 Å². The maximum absolute atomic E-state index is 5.42. The van der Waals surface area contributed by atoms with Crippen molar-refractivity contribution in [2.24, 2.45) is 0 Å². The van der Waals surface area contributed by atoms with Crippen LogP contribution in [-0.2, 0) is 11.2 Å². The second-order valence-electron chi connectivity index (χ2n) is 4.19. The van der Waals surface area contributed by atoms with Crippen LogP contribution in [0.15, 0.2) is 0 Å². The lowest BCUT2D eigenvalue weighted by Crippen LogP contribution is -2.32. The number of nitrogens with zero attached hydrogens (tertiary/aromatic N) is 1. The highest BCUT2D eigenvalue weighted by atomic mass is 32.1. The lowest BCUT2D eigenvalue weighted by Gasteiger charge is -2.16. The molecular weight excluding hydrogens is 232 g/mol. The van der Waals surface area contributed by atoms with Gasteiger partial charge < -0.3 is 10.1 Å². The van der Waals surface area contributed by atoms with Crippen molar-refractivity contribution >= 4 is 11.3 Å². The second kappa shape index (κ2) is 7.80. The largest absolute Gasteiger partial charge is 0.382 e. The summed E-state index contributed by atoms with van der Waals surface area (Å²) < 4.78 is 5.42. The van der Waals surface area contributed by atoms with E-state index in [-0.39, 0.29) is 0 Å². The van der Waals surface area contributed by atoms with Crippen molar-refractivity contribution in [3.8, 4) is 0 Å². The molecule has 1 N–H and O–H groups in total. The van der Waals surface area contributed by atoms with Crippen molar-refractivity contribution in [1.29, 1.82) is 0 Å². The van der Waals surface area contributed by atoms with E-state index >= 15 is 0 Å². The van der Waals surface area contributed by atoms with Gasteiger partial charge in [0, 0.05) is 30.6 Å². The van der Waals surface area contributed by atoms with Gasteiger partial charge in [0.2, 0.25) is 0 Å². The molecule has 0 saturated carbocycles. The molecule has 0 saturated heterocycles. The third-order valence-corrected chi connectivity index (χ3v) is 3.90. The van der Waals surface area contributed by atoms with Gasteiger partial charge in [0.1, 0.15) is 0 Å². The maximum atomic E-state index is 5.42. The van der Waals surface area contributed by atoms with Crippen molar-refractivity contribution in [2.75, 3.05) is 19.8 Å². The highest BCUT2D eigenvalue weighted by molar-refractivity contribution is 7.11. The van der Waals surface area contributed by atoms with Crippen LogP contribution in [-0.4, -0.2) is 30.8 Å². The fraction of sp³-hybridized carbons (Fsp3) is 0.769. The van der Waals surface area contributed by atoms with Crippen LogP contribution in [0.4, 0.5) is 0 Å². The minimum absolute atomic E-state index is 0.483. The number of aromatic nitrogens is 1. The fourth-order valence-electron chi connectivity index (χ4n) is 1.77. The SMILES string of the molecule is CCNC(CCOCC)Cc1nc(C)c(C)s1. The van der Waals surface area contributed by atoms with Crippen molar-refractivity contribution in [3.63, 3.8) is 0 Å². The molecule has 1 aromatic rings. The molecule has 0 aliphatic carbocycles. The minimum Gasteiger partial charge on any atom is -0.382 e. The monoisotopic (exact) mass is 256 g/mol. The topological polar surface area (TPSA) is 34.1 Å². The number of hydrogen-bond acceptors (Lipinski definition) is 4. The van der Waals surface area contributed by atoms with Gasteiger partial charge >= 0.3 is 0 Å². The summed E-state index contributed by atoms with van der Waals surface area (Å²) in [5, 5.41) is 4.74. The van der Waals surface area contributed by atoms with Crippen LogP contribution in [0.3, 0.4) is 0 Å². The average Bonchev–Trinajstić information content (AvgIpc) is 2.58. The van der Waals surface area contributed by atoms with Crippen LogP contribution >= 0.6 is 11.3 Å². The van der Waals surface area contributed by atoms with Gasteiger partial charge in [-0.2, -0.15) is 0 Å². The standard InChI is InChI=1S/C13H24N2OS/c1-5-14-12(7-8-16-6-2)9-13-15-10(3)11(4)17-13/h12,14H,5-9H2,1-4H3. The molecule has 0 aromatic carbocycles. The Labute approximate surface area is 109 Å². The summed E-state index contributed by atoms with van der Waals surface area (Å²) in [4.78, 5) is 5.93. The van der Waals surface area contributed by atoms with Gasteiger partial charge in [-0.25, -0.2) is 4.98 Å². The molecule has 1 rings (SSSR count). The normalized spacial score (nSPS) is 12.9. The Balaban J connectivity index is 2.47. The van der Waals surface area contributed by atoms with Crippen LogP contribution in [0, 0.1) is 13.8 Å². The summed E-state index contributed by atoms with van der Waals surface area (Å²) >= 11 is 1.82. The first-order valence-corrected chi connectivity index (χ1v) is 7.23. The zero-order valence-corrected chi connectivity index (χ0v) is 12.2. The van der Waals surface area contributed by atoms with Gasteiger partial charge in [0.25, 0.3) is 0 Å². The molecule has 0 aliphatic heterocycles. The molecule has 4 heteroatoms. The molecule has 1 atom stereocenters. The van der Waals surface area contributed by atoms with E-state index < -0.39 is 0 Å². The minimum atomic E-state index is 0.483. The molecule has 0 radical (unpaired) electrons. The van der Waals surface area contributed by atoms with E-state index in [1.165, 1.54) is 15.6 Å². The van der Waals surface area contributed by atoms with Crippen LogP contribution in [0.2, 0.25) is 0 Å². The summed E-state index contributed by atoms with van der Waals surface area (Å²) in [6, 6.07) is 0.483. The molecule has 0 spiro atoms. The third kappa shape index (κ3) is 5.15. The molecule has 17 heavy (non-hydrogen) atoms. The first-order valence-electron chi connectivity index (χ1n) is 6.41. The molecule has 0 amide bonds. The van der Waals surface area contributed by atoms with E-state index in [0.717, 1.165) is 32.6 Å². The van der Waals surface area contributed by atoms with Gasteiger partial charge in [-0.1, -0.05) is 6.92 Å². The van der Waals surface area contributed by atoms with Gasteiger partial charge in [0.15, 0.2) is 0 Å². The Hall–Kier alpha value is -0.450. The highest BCUT2D eigenvalue weighted by Crippen LogP contribution is 2.18. The Morgan fingerprint density at radius 3 is 2.65 bits per heavy atom. The first kappa shape index (κ1) is 14.6. The number of ether oxygens (including phenoxy) is 1. The second-order valence-corrected chi connectivity index (χ2v) is 5.48. The number of nitrogens with one attached hydrogen (secondary N) is 1. The Morgan fingerprint density at radius 2 is 2.12 bits per heavy atom. The molecule has 1 heterocycles. The summed E-state index contributed by atoms with van der Waals surface area (Å²) in [5.41, 5.74) is 1.17. The molecule has 0 bridgehead atoms. The molecule has 0 aliphatic rings. The van der Waals surface area contributed by atoms with E-state index in [4.69, 9.17) is 4.74 Å². The van der Waals surface area contributed by atoms with Crippen LogP contribution in [0.1, 0.15) is 35.8 Å². The van der Waals surface area contributed by atoms with E-state index in [0.29, 0.717) is 6.04 Å². The van der Waals surface area contributed by atoms with Gasteiger partial charge in [0.05, 0.1) is 10.7 Å². The number of hydrogen-bond donors (Lipinski definition) is 1. The predicted octanol–water partition coefficient (Wildman–Crippen LogP) is 2.71. The smallest absolute Gasteiger partial charge is 0.0946 e. The summed E-state index contributed by atoms with van der Waals surface area (Å²) in [6.45, 7) is 11.0. The molecular formula is C13H24N2OS. The summed E-state index contributed by atoms with van der Waals surface area (Å²) in [5.74, 6) is 0. The Morgan fingerprint density at radius 1 is 1.35 bits per heavy atom. The number of aryl methyl sites for hydroxylation is 2. The molecule has 1 unspecified atom stereocenters. The van der Waals surface area contributed by atoms with Crippen LogP contribution < -0.4 is 5.32 Å². The number of rotatable bonds is 8. The molecule has 0 fully saturated rings. The maximum Gasteiger partial charge on any atom is 0.0946 e. The van der Waals surface area contributed by atoms with Gasteiger partial charge in [-0.3, -0.25) is 0 Å². The molecule has 3 nitrogen and oxygen atoms in total. The summed E-state index contributed by atoms with van der Waals surface area (Å²) in [6.07, 6.45) is 2.07. The lowest BCUT2D eigenvalue weighted by molar-refractivity contribution is 0.136. The first-order chi connectivity index (χ1) is 8.17. The van der Waals surface area contributed by atoms with Gasteiger partial charge in [-0.15, -0.1) is 11.3 Å². The lowest BCUT2D eigenvalue weighted by atomic mass is 10.1. The molecule has 98 valence electrons. The van der Waals surface area contributed by atoms with Crippen molar-refractivity contribution in [1.82, 2.24) is 10.3 Å². The number of likely N-dealkylation sites (N-methyl/N-ethyl adjacent to an activating group) is 1. The molecule has 1 aromatic heterocycles. The summed E-state index contributed by atoms with van der Waals surface area (Å²) in [7, 11) is 0. The van der Waals surface area contributed by atoms with Gasteiger partial charge in [-0.05, 0) is 33.7 Å². The third-order valence-electron chi connectivity index (χ3n) is 2.80. The Bertz CT molecular complexity index is 306. The predicted molar refractivity (Wildman–Crippen MR) is 73.9 cm³/mol. The van der Waals surface area contributed by atoms with E-state index in [2.05, 4.69) is 31.1 Å². The van der Waals surface area contributed by atoms with Crippen LogP contribution in [0.5, 0.6) is 0 Å². The van der Waals surface area contributed by atoms with E-state index in [1.807, 2.05) is 18.3 Å². The quantitative estimate of drug-likeness (QED) is 0.726.